The van der Waals surface area contributed by atoms with Crippen molar-refractivity contribution in [3.63, 3.8) is 0 Å². The van der Waals surface area contributed by atoms with Crippen molar-refractivity contribution in [2.75, 3.05) is 7.11 Å². The van der Waals surface area contributed by atoms with Gasteiger partial charge in [0.05, 0.1) is 18.9 Å². The Balaban J connectivity index is 2.47. The van der Waals surface area contributed by atoms with Crippen LogP contribution in [0.2, 0.25) is 0 Å². The van der Waals surface area contributed by atoms with Gasteiger partial charge < -0.3 is 15.7 Å². The summed E-state index contributed by atoms with van der Waals surface area (Å²) in [4.78, 5) is 0. The number of methoxy groups -OCH3 is 1. The van der Waals surface area contributed by atoms with E-state index in [1.165, 1.54) is 0 Å². The molecule has 2 rings (SSSR count). The van der Waals surface area contributed by atoms with E-state index in [0.29, 0.717) is 12.8 Å². The van der Waals surface area contributed by atoms with Crippen LogP contribution in [-0.2, 0) is 6.42 Å². The predicted octanol–water partition coefficient (Wildman–Crippen LogP) is 0.665. The molecule has 0 saturated heterocycles. The smallest absolute Gasteiger partial charge is 0.119 e. The fourth-order valence-corrected chi connectivity index (χ4v) is 1.93. The van der Waals surface area contributed by atoms with Gasteiger partial charge in [0.25, 0.3) is 0 Å². The number of rotatable bonds is 1. The van der Waals surface area contributed by atoms with E-state index < -0.39 is 6.10 Å². The highest BCUT2D eigenvalue weighted by Gasteiger charge is 2.22. The summed E-state index contributed by atoms with van der Waals surface area (Å²) in [6.07, 6.45) is 0.758. The van der Waals surface area contributed by atoms with Crippen molar-refractivity contribution in [2.45, 2.75) is 18.9 Å². The summed E-state index contributed by atoms with van der Waals surface area (Å²) >= 11 is 0. The van der Waals surface area contributed by atoms with E-state index in [9.17, 15) is 5.11 Å². The van der Waals surface area contributed by atoms with Gasteiger partial charge in [-0.3, -0.25) is 0 Å². The second kappa shape index (κ2) is 3.90. The number of hydrogen-bond donors (Lipinski definition) is 2. The SMILES string of the molecule is COc1ccc2c(c1)CC(O)CC2=NN. The summed E-state index contributed by atoms with van der Waals surface area (Å²) in [6.45, 7) is 0. The van der Waals surface area contributed by atoms with Crippen LogP contribution in [0, 0.1) is 0 Å². The molecule has 1 aromatic rings. The first-order chi connectivity index (χ1) is 7.24. The molecule has 0 saturated carbocycles. The van der Waals surface area contributed by atoms with Gasteiger partial charge in [-0.1, -0.05) is 0 Å². The third kappa shape index (κ3) is 1.80. The van der Waals surface area contributed by atoms with Gasteiger partial charge >= 0.3 is 0 Å². The van der Waals surface area contributed by atoms with E-state index in [1.54, 1.807) is 7.11 Å². The maximum Gasteiger partial charge on any atom is 0.119 e. The van der Waals surface area contributed by atoms with Crippen LogP contribution in [0.3, 0.4) is 0 Å². The number of nitrogens with two attached hydrogens (primary N) is 1. The molecule has 80 valence electrons. The molecule has 0 amide bonds. The number of hydrogen-bond acceptors (Lipinski definition) is 4. The Morgan fingerprint density at radius 2 is 2.27 bits per heavy atom. The van der Waals surface area contributed by atoms with Crippen LogP contribution in [0.15, 0.2) is 23.3 Å². The second-order valence-electron chi connectivity index (χ2n) is 3.66. The third-order valence-corrected chi connectivity index (χ3v) is 2.66. The standard InChI is InChI=1S/C11H14N2O2/c1-15-9-2-3-10-7(5-9)4-8(14)6-11(10)13-12/h2-3,5,8,14H,4,6,12H2,1H3. The van der Waals surface area contributed by atoms with Crippen LogP contribution in [-0.4, -0.2) is 24.0 Å². The maximum atomic E-state index is 9.64. The average Bonchev–Trinajstić information content (AvgIpc) is 2.26. The number of nitrogens with zero attached hydrogens (tertiary/aromatic N) is 1. The van der Waals surface area contributed by atoms with Gasteiger partial charge in [0.2, 0.25) is 0 Å². The number of benzene rings is 1. The molecule has 0 bridgehead atoms. The van der Waals surface area contributed by atoms with Gasteiger partial charge in [-0.25, -0.2) is 0 Å². The number of aliphatic hydroxyl groups is 1. The topological polar surface area (TPSA) is 67.8 Å². The number of fused-ring (bicyclic) bond motifs is 1. The first-order valence-corrected chi connectivity index (χ1v) is 4.86. The number of ether oxygens (including phenoxy) is 1. The summed E-state index contributed by atoms with van der Waals surface area (Å²) in [6, 6.07) is 5.73. The van der Waals surface area contributed by atoms with Gasteiger partial charge in [0.1, 0.15) is 5.75 Å². The van der Waals surface area contributed by atoms with Gasteiger partial charge in [-0.15, -0.1) is 0 Å². The first kappa shape index (κ1) is 9.98. The van der Waals surface area contributed by atoms with Crippen molar-refractivity contribution in [3.8, 4) is 5.75 Å². The lowest BCUT2D eigenvalue weighted by atomic mass is 9.88. The minimum absolute atomic E-state index is 0.396. The molecule has 4 heteroatoms. The van der Waals surface area contributed by atoms with E-state index >= 15 is 0 Å². The summed E-state index contributed by atoms with van der Waals surface area (Å²) in [5, 5.41) is 13.4. The predicted molar refractivity (Wildman–Crippen MR) is 58.0 cm³/mol. The highest BCUT2D eigenvalue weighted by Crippen LogP contribution is 2.25. The lowest BCUT2D eigenvalue weighted by molar-refractivity contribution is 0.180. The summed E-state index contributed by atoms with van der Waals surface area (Å²) in [7, 11) is 1.62. The number of hydrazone groups is 1. The monoisotopic (exact) mass is 206 g/mol. The van der Waals surface area contributed by atoms with Crippen molar-refractivity contribution in [1.82, 2.24) is 0 Å². The zero-order valence-corrected chi connectivity index (χ0v) is 8.60. The largest absolute Gasteiger partial charge is 0.497 e. The van der Waals surface area contributed by atoms with Crippen molar-refractivity contribution in [3.05, 3.63) is 29.3 Å². The van der Waals surface area contributed by atoms with Crippen molar-refractivity contribution >= 4 is 5.71 Å². The Morgan fingerprint density at radius 3 is 2.93 bits per heavy atom. The molecule has 1 atom stereocenters. The molecule has 0 aromatic heterocycles. The fourth-order valence-electron chi connectivity index (χ4n) is 1.93. The molecule has 1 aromatic carbocycles. The van der Waals surface area contributed by atoms with Gasteiger partial charge in [-0.2, -0.15) is 5.10 Å². The van der Waals surface area contributed by atoms with Gasteiger partial charge in [-0.05, 0) is 30.2 Å². The van der Waals surface area contributed by atoms with E-state index in [4.69, 9.17) is 10.6 Å². The summed E-state index contributed by atoms with van der Waals surface area (Å²) < 4.78 is 5.13. The fraction of sp³-hybridized carbons (Fsp3) is 0.364. The molecule has 0 heterocycles. The van der Waals surface area contributed by atoms with Crippen LogP contribution in [0.4, 0.5) is 0 Å². The van der Waals surface area contributed by atoms with Crippen molar-refractivity contribution < 1.29 is 9.84 Å². The molecule has 1 aliphatic carbocycles. The molecule has 0 spiro atoms. The zero-order valence-electron chi connectivity index (χ0n) is 8.60. The van der Waals surface area contributed by atoms with Crippen LogP contribution in [0.5, 0.6) is 5.75 Å². The van der Waals surface area contributed by atoms with Gasteiger partial charge in [0, 0.05) is 12.0 Å². The molecule has 0 aliphatic heterocycles. The molecular weight excluding hydrogens is 192 g/mol. The maximum absolute atomic E-state index is 9.64. The molecule has 1 aliphatic rings. The molecular formula is C11H14N2O2. The van der Waals surface area contributed by atoms with E-state index in [-0.39, 0.29) is 0 Å². The minimum atomic E-state index is -0.396. The van der Waals surface area contributed by atoms with Crippen LogP contribution >= 0.6 is 0 Å². The highest BCUT2D eigenvalue weighted by molar-refractivity contribution is 6.03. The zero-order chi connectivity index (χ0) is 10.8. The molecule has 0 fully saturated rings. The Hall–Kier alpha value is -1.55. The van der Waals surface area contributed by atoms with E-state index in [2.05, 4.69) is 5.10 Å². The van der Waals surface area contributed by atoms with Crippen molar-refractivity contribution in [1.29, 1.82) is 0 Å². The quantitative estimate of drug-likeness (QED) is 0.524. The van der Waals surface area contributed by atoms with E-state index in [0.717, 1.165) is 22.6 Å². The molecule has 4 nitrogen and oxygen atoms in total. The van der Waals surface area contributed by atoms with Crippen LogP contribution < -0.4 is 10.6 Å². The second-order valence-corrected chi connectivity index (χ2v) is 3.66. The van der Waals surface area contributed by atoms with Crippen LogP contribution in [0.1, 0.15) is 17.5 Å². The molecule has 3 N–H and O–H groups in total. The molecule has 0 radical (unpaired) electrons. The Labute approximate surface area is 88.4 Å². The lowest BCUT2D eigenvalue weighted by Gasteiger charge is -2.22. The molecule has 1 unspecified atom stereocenters. The lowest BCUT2D eigenvalue weighted by Crippen LogP contribution is -2.25. The molecule has 15 heavy (non-hydrogen) atoms. The number of aliphatic hydroxyl groups excluding tert-OH is 1. The third-order valence-electron chi connectivity index (χ3n) is 2.66. The Morgan fingerprint density at radius 1 is 1.47 bits per heavy atom. The summed E-state index contributed by atoms with van der Waals surface area (Å²) in [5.41, 5.74) is 2.81. The minimum Gasteiger partial charge on any atom is -0.497 e. The van der Waals surface area contributed by atoms with Gasteiger partial charge in [0.15, 0.2) is 0 Å². The normalized spacial score (nSPS) is 22.5. The first-order valence-electron chi connectivity index (χ1n) is 4.86. The van der Waals surface area contributed by atoms with Crippen LogP contribution in [0.25, 0.3) is 0 Å². The van der Waals surface area contributed by atoms with Crippen molar-refractivity contribution in [2.24, 2.45) is 10.9 Å². The highest BCUT2D eigenvalue weighted by atomic mass is 16.5. The Bertz CT molecular complexity index is 402. The average molecular weight is 206 g/mol. The summed E-state index contributed by atoms with van der Waals surface area (Å²) in [5.74, 6) is 6.09. The Kier molecular flexibility index (Phi) is 2.60. The van der Waals surface area contributed by atoms with E-state index in [1.807, 2.05) is 18.2 Å².